The van der Waals surface area contributed by atoms with E-state index in [9.17, 15) is 0 Å². The van der Waals surface area contributed by atoms with Crippen LogP contribution in [0.4, 0.5) is 0 Å². The molecular weight excluding hydrogens is 354 g/mol. The number of oxime groups is 1. The third-order valence-electron chi connectivity index (χ3n) is 5.02. The Labute approximate surface area is 165 Å². The first-order valence-corrected chi connectivity index (χ1v) is 9.70. The van der Waals surface area contributed by atoms with Gasteiger partial charge in [0, 0.05) is 10.9 Å². The standard InChI is InChI=1S/C24H22ClNO/c1-17-21(8-5-9-23(17)18-6-3-2-4-7-18)16-27-26-24(19-10-11-19)20-12-14-22(25)15-13-20/h2-9,12-15,19H,10-11,16H2,1H3/b26-24-. The Morgan fingerprint density at radius 2 is 1.70 bits per heavy atom. The lowest BCUT2D eigenvalue weighted by molar-refractivity contribution is 0.129. The summed E-state index contributed by atoms with van der Waals surface area (Å²) < 4.78 is 0. The predicted octanol–water partition coefficient (Wildman–Crippen LogP) is 6.65. The van der Waals surface area contributed by atoms with Crippen LogP contribution in [0.5, 0.6) is 0 Å². The highest BCUT2D eigenvalue weighted by Gasteiger charge is 2.29. The Balaban J connectivity index is 1.53. The van der Waals surface area contributed by atoms with Gasteiger partial charge in [0.05, 0.1) is 5.71 Å². The average molecular weight is 376 g/mol. The first kappa shape index (κ1) is 17.8. The molecule has 0 N–H and O–H groups in total. The summed E-state index contributed by atoms with van der Waals surface area (Å²) in [5.41, 5.74) is 6.98. The van der Waals surface area contributed by atoms with Crippen LogP contribution in [0.3, 0.4) is 0 Å². The van der Waals surface area contributed by atoms with Crippen LogP contribution in [0, 0.1) is 12.8 Å². The summed E-state index contributed by atoms with van der Waals surface area (Å²) in [5, 5.41) is 5.24. The van der Waals surface area contributed by atoms with E-state index in [2.05, 4.69) is 54.5 Å². The minimum Gasteiger partial charge on any atom is -0.391 e. The Bertz CT molecular complexity index is 944. The molecule has 27 heavy (non-hydrogen) atoms. The molecule has 1 aliphatic rings. The van der Waals surface area contributed by atoms with Gasteiger partial charge in [-0.25, -0.2) is 0 Å². The first-order valence-electron chi connectivity index (χ1n) is 9.32. The second kappa shape index (κ2) is 7.98. The zero-order valence-electron chi connectivity index (χ0n) is 15.4. The molecule has 1 saturated carbocycles. The van der Waals surface area contributed by atoms with Crippen LogP contribution in [-0.2, 0) is 11.4 Å². The summed E-state index contributed by atoms with van der Waals surface area (Å²) in [4.78, 5) is 5.79. The number of nitrogens with zero attached hydrogens (tertiary/aromatic N) is 1. The summed E-state index contributed by atoms with van der Waals surface area (Å²) >= 11 is 6.01. The van der Waals surface area contributed by atoms with Crippen molar-refractivity contribution in [2.45, 2.75) is 26.4 Å². The van der Waals surface area contributed by atoms with Crippen LogP contribution < -0.4 is 0 Å². The number of hydrogen-bond donors (Lipinski definition) is 0. The first-order chi connectivity index (χ1) is 13.2. The van der Waals surface area contributed by atoms with Crippen LogP contribution in [0.25, 0.3) is 11.1 Å². The molecule has 3 aromatic rings. The minimum atomic E-state index is 0.469. The van der Waals surface area contributed by atoms with Crippen LogP contribution in [-0.4, -0.2) is 5.71 Å². The molecule has 1 aliphatic carbocycles. The fourth-order valence-electron chi connectivity index (χ4n) is 3.28. The number of rotatable bonds is 6. The van der Waals surface area contributed by atoms with Gasteiger partial charge in [0.1, 0.15) is 6.61 Å². The van der Waals surface area contributed by atoms with Gasteiger partial charge >= 0.3 is 0 Å². The molecule has 0 bridgehead atoms. The largest absolute Gasteiger partial charge is 0.391 e. The van der Waals surface area contributed by atoms with E-state index in [1.54, 1.807) is 0 Å². The van der Waals surface area contributed by atoms with E-state index in [0.717, 1.165) is 21.9 Å². The summed E-state index contributed by atoms with van der Waals surface area (Å²) in [7, 11) is 0. The van der Waals surface area contributed by atoms with Gasteiger partial charge in [-0.1, -0.05) is 77.4 Å². The average Bonchev–Trinajstić information content (AvgIpc) is 3.53. The zero-order chi connectivity index (χ0) is 18.6. The predicted molar refractivity (Wildman–Crippen MR) is 112 cm³/mol. The van der Waals surface area contributed by atoms with Crippen LogP contribution in [0.15, 0.2) is 78.0 Å². The number of hydrogen-bond acceptors (Lipinski definition) is 2. The second-order valence-corrected chi connectivity index (χ2v) is 7.42. The van der Waals surface area contributed by atoms with E-state index in [1.807, 2.05) is 30.3 Å². The molecule has 0 amide bonds. The minimum absolute atomic E-state index is 0.469. The summed E-state index contributed by atoms with van der Waals surface area (Å²) in [6, 6.07) is 24.6. The second-order valence-electron chi connectivity index (χ2n) is 6.99. The highest BCUT2D eigenvalue weighted by molar-refractivity contribution is 6.30. The third kappa shape index (κ3) is 4.23. The van der Waals surface area contributed by atoms with Crippen molar-refractivity contribution in [1.82, 2.24) is 0 Å². The van der Waals surface area contributed by atoms with Crippen molar-refractivity contribution in [3.8, 4) is 11.1 Å². The lowest BCUT2D eigenvalue weighted by Gasteiger charge is -2.12. The van der Waals surface area contributed by atoms with Gasteiger partial charge in [-0.3, -0.25) is 0 Å². The molecule has 2 nitrogen and oxygen atoms in total. The fraction of sp³-hybridized carbons (Fsp3) is 0.208. The molecule has 0 saturated heterocycles. The maximum Gasteiger partial charge on any atom is 0.142 e. The smallest absolute Gasteiger partial charge is 0.142 e. The summed E-state index contributed by atoms with van der Waals surface area (Å²) in [5.74, 6) is 0.503. The monoisotopic (exact) mass is 375 g/mol. The Morgan fingerprint density at radius 1 is 0.963 bits per heavy atom. The van der Waals surface area contributed by atoms with E-state index in [-0.39, 0.29) is 0 Å². The summed E-state index contributed by atoms with van der Waals surface area (Å²) in [6.45, 7) is 2.61. The SMILES string of the molecule is Cc1c(CO/N=C(\c2ccc(Cl)cc2)C2CC2)cccc1-c1ccccc1. The topological polar surface area (TPSA) is 21.6 Å². The van der Waals surface area contributed by atoms with E-state index < -0.39 is 0 Å². The molecule has 4 rings (SSSR count). The van der Waals surface area contributed by atoms with Gasteiger partial charge in [-0.05, 0) is 59.7 Å². The summed E-state index contributed by atoms with van der Waals surface area (Å²) in [6.07, 6.45) is 2.35. The van der Waals surface area contributed by atoms with Crippen molar-refractivity contribution in [3.05, 3.63) is 94.5 Å². The van der Waals surface area contributed by atoms with Crippen molar-refractivity contribution < 1.29 is 4.84 Å². The molecule has 0 spiro atoms. The molecule has 136 valence electrons. The van der Waals surface area contributed by atoms with Gasteiger partial charge in [-0.15, -0.1) is 0 Å². The van der Waals surface area contributed by atoms with E-state index in [4.69, 9.17) is 16.4 Å². The normalized spacial score (nSPS) is 14.2. The zero-order valence-corrected chi connectivity index (χ0v) is 16.1. The molecular formula is C24H22ClNO. The lowest BCUT2D eigenvalue weighted by atomic mass is 9.97. The molecule has 0 radical (unpaired) electrons. The van der Waals surface area contributed by atoms with Crippen molar-refractivity contribution in [3.63, 3.8) is 0 Å². The number of halogens is 1. The quantitative estimate of drug-likeness (QED) is 0.349. The maximum atomic E-state index is 6.01. The molecule has 0 heterocycles. The van der Waals surface area contributed by atoms with E-state index >= 15 is 0 Å². The Morgan fingerprint density at radius 3 is 2.41 bits per heavy atom. The van der Waals surface area contributed by atoms with Gasteiger partial charge in [-0.2, -0.15) is 0 Å². The van der Waals surface area contributed by atoms with Gasteiger partial charge in [0.15, 0.2) is 0 Å². The van der Waals surface area contributed by atoms with E-state index in [0.29, 0.717) is 12.5 Å². The Hall–Kier alpha value is -2.58. The molecule has 0 aromatic heterocycles. The third-order valence-corrected chi connectivity index (χ3v) is 5.27. The van der Waals surface area contributed by atoms with Crippen LogP contribution in [0.2, 0.25) is 5.02 Å². The molecule has 0 unspecified atom stereocenters. The van der Waals surface area contributed by atoms with Crippen molar-refractivity contribution in [1.29, 1.82) is 0 Å². The van der Waals surface area contributed by atoms with Crippen LogP contribution >= 0.6 is 11.6 Å². The van der Waals surface area contributed by atoms with Crippen molar-refractivity contribution in [2.75, 3.05) is 0 Å². The van der Waals surface area contributed by atoms with Gasteiger partial charge in [0.25, 0.3) is 0 Å². The highest BCUT2D eigenvalue weighted by atomic mass is 35.5. The maximum absolute atomic E-state index is 6.01. The van der Waals surface area contributed by atoms with Gasteiger partial charge < -0.3 is 4.84 Å². The molecule has 0 aliphatic heterocycles. The fourth-order valence-corrected chi connectivity index (χ4v) is 3.41. The van der Waals surface area contributed by atoms with Crippen LogP contribution in [0.1, 0.15) is 29.5 Å². The molecule has 3 heteroatoms. The van der Waals surface area contributed by atoms with Crippen molar-refractivity contribution in [2.24, 2.45) is 11.1 Å². The number of benzene rings is 3. The van der Waals surface area contributed by atoms with E-state index in [1.165, 1.54) is 29.5 Å². The Kier molecular flexibility index (Phi) is 5.26. The molecule has 3 aromatic carbocycles. The molecule has 1 fully saturated rings. The lowest BCUT2D eigenvalue weighted by Crippen LogP contribution is -2.05. The molecule has 0 atom stereocenters. The van der Waals surface area contributed by atoms with Crippen molar-refractivity contribution >= 4 is 17.3 Å². The van der Waals surface area contributed by atoms with Gasteiger partial charge in [0.2, 0.25) is 0 Å². The highest BCUT2D eigenvalue weighted by Crippen LogP contribution is 2.34.